The topological polar surface area (TPSA) is 12.0 Å². The maximum absolute atomic E-state index is 13.4. The molecule has 1 fully saturated rings. The predicted octanol–water partition coefficient (Wildman–Crippen LogP) is 3.29. The highest BCUT2D eigenvalue weighted by Crippen LogP contribution is 2.29. The molecule has 76 valence electrons. The van der Waals surface area contributed by atoms with Crippen molar-refractivity contribution in [3.8, 4) is 0 Å². The third-order valence-corrected chi connectivity index (χ3v) is 2.83. The number of rotatable bonds is 3. The number of hydrogen-bond donors (Lipinski definition) is 1. The smallest absolute Gasteiger partial charge is 0.129 e. The van der Waals surface area contributed by atoms with Crippen molar-refractivity contribution in [3.63, 3.8) is 0 Å². The number of nitrogens with one attached hydrogen (secondary N) is 1. The minimum atomic E-state index is -0.224. The van der Waals surface area contributed by atoms with Crippen molar-refractivity contribution in [3.05, 3.63) is 34.6 Å². The van der Waals surface area contributed by atoms with Gasteiger partial charge in [-0.1, -0.05) is 17.7 Å². The zero-order chi connectivity index (χ0) is 10.1. The van der Waals surface area contributed by atoms with Crippen molar-refractivity contribution in [2.45, 2.75) is 31.8 Å². The minimum Gasteiger partial charge on any atom is -0.307 e. The van der Waals surface area contributed by atoms with Gasteiger partial charge in [-0.25, -0.2) is 4.39 Å². The maximum atomic E-state index is 13.4. The molecule has 1 N–H and O–H groups in total. The highest BCUT2D eigenvalue weighted by Gasteiger charge is 2.25. The van der Waals surface area contributed by atoms with E-state index in [1.165, 1.54) is 18.9 Å². The second kappa shape index (κ2) is 3.87. The van der Waals surface area contributed by atoms with Gasteiger partial charge in [0.2, 0.25) is 0 Å². The van der Waals surface area contributed by atoms with E-state index in [0.717, 1.165) is 0 Å². The molecule has 0 aromatic heterocycles. The van der Waals surface area contributed by atoms with E-state index in [0.29, 0.717) is 16.6 Å². The predicted molar refractivity (Wildman–Crippen MR) is 56.0 cm³/mol. The molecule has 1 aromatic rings. The van der Waals surface area contributed by atoms with Crippen molar-refractivity contribution in [1.29, 1.82) is 0 Å². The Morgan fingerprint density at radius 3 is 2.79 bits per heavy atom. The van der Waals surface area contributed by atoms with Gasteiger partial charge in [0.1, 0.15) is 5.82 Å². The fourth-order valence-corrected chi connectivity index (χ4v) is 1.94. The second-order valence-electron chi connectivity index (χ2n) is 3.80. The Bertz CT molecular complexity index is 316. The average molecular weight is 214 g/mol. The molecule has 1 nitrogen and oxygen atoms in total. The van der Waals surface area contributed by atoms with E-state index in [1.807, 2.05) is 6.92 Å². The summed E-state index contributed by atoms with van der Waals surface area (Å²) in [5, 5.41) is 3.83. The van der Waals surface area contributed by atoms with Crippen LogP contribution in [0.2, 0.25) is 5.02 Å². The van der Waals surface area contributed by atoms with Crippen LogP contribution in [0.15, 0.2) is 18.2 Å². The van der Waals surface area contributed by atoms with Gasteiger partial charge in [-0.2, -0.15) is 0 Å². The van der Waals surface area contributed by atoms with Crippen molar-refractivity contribution in [2.24, 2.45) is 0 Å². The molecule has 0 radical (unpaired) electrons. The van der Waals surface area contributed by atoms with Crippen LogP contribution in [-0.4, -0.2) is 6.04 Å². The third-order valence-electron chi connectivity index (χ3n) is 2.50. The molecule has 0 spiro atoms. The highest BCUT2D eigenvalue weighted by atomic mass is 35.5. The van der Waals surface area contributed by atoms with Gasteiger partial charge in [0.25, 0.3) is 0 Å². The lowest BCUT2D eigenvalue weighted by Gasteiger charge is -2.15. The van der Waals surface area contributed by atoms with E-state index in [9.17, 15) is 4.39 Å². The first kappa shape index (κ1) is 9.94. The summed E-state index contributed by atoms with van der Waals surface area (Å²) in [5.41, 5.74) is 0.584. The van der Waals surface area contributed by atoms with Crippen molar-refractivity contribution in [2.75, 3.05) is 0 Å². The Kier molecular flexibility index (Phi) is 2.75. The van der Waals surface area contributed by atoms with Crippen molar-refractivity contribution >= 4 is 11.6 Å². The molecule has 1 saturated carbocycles. The van der Waals surface area contributed by atoms with Gasteiger partial charge >= 0.3 is 0 Å². The van der Waals surface area contributed by atoms with E-state index >= 15 is 0 Å². The average Bonchev–Trinajstić information content (AvgIpc) is 2.87. The summed E-state index contributed by atoms with van der Waals surface area (Å²) in [6.45, 7) is 1.95. The van der Waals surface area contributed by atoms with Crippen LogP contribution in [0.25, 0.3) is 0 Å². The van der Waals surface area contributed by atoms with Crippen LogP contribution in [0.3, 0.4) is 0 Å². The van der Waals surface area contributed by atoms with Gasteiger partial charge in [0, 0.05) is 22.7 Å². The summed E-state index contributed by atoms with van der Waals surface area (Å²) >= 11 is 5.95. The van der Waals surface area contributed by atoms with E-state index in [4.69, 9.17) is 11.6 Å². The summed E-state index contributed by atoms with van der Waals surface area (Å²) in [5.74, 6) is -0.224. The molecule has 1 aliphatic carbocycles. The van der Waals surface area contributed by atoms with Crippen molar-refractivity contribution < 1.29 is 4.39 Å². The van der Waals surface area contributed by atoms with Crippen LogP contribution in [0.4, 0.5) is 4.39 Å². The molecule has 0 bridgehead atoms. The van der Waals surface area contributed by atoms with E-state index in [2.05, 4.69) is 5.32 Å². The quantitative estimate of drug-likeness (QED) is 0.813. The first-order chi connectivity index (χ1) is 6.68. The number of benzene rings is 1. The van der Waals surface area contributed by atoms with E-state index in [1.54, 1.807) is 12.1 Å². The van der Waals surface area contributed by atoms with Gasteiger partial charge in [-0.3, -0.25) is 0 Å². The second-order valence-corrected chi connectivity index (χ2v) is 4.21. The van der Waals surface area contributed by atoms with Crippen LogP contribution in [0.5, 0.6) is 0 Å². The number of hydrogen-bond acceptors (Lipinski definition) is 1. The van der Waals surface area contributed by atoms with Crippen LogP contribution in [-0.2, 0) is 0 Å². The molecule has 14 heavy (non-hydrogen) atoms. The molecule has 1 unspecified atom stereocenters. The molecule has 2 rings (SSSR count). The van der Waals surface area contributed by atoms with Gasteiger partial charge < -0.3 is 5.32 Å². The Labute approximate surface area is 88.3 Å². The summed E-state index contributed by atoms with van der Waals surface area (Å²) in [7, 11) is 0. The summed E-state index contributed by atoms with van der Waals surface area (Å²) in [6, 6.07) is 5.36. The number of halogens is 2. The zero-order valence-corrected chi connectivity index (χ0v) is 8.81. The minimum absolute atomic E-state index is 0.00352. The Morgan fingerprint density at radius 1 is 1.50 bits per heavy atom. The molecular weight excluding hydrogens is 201 g/mol. The lowest BCUT2D eigenvalue weighted by molar-refractivity contribution is 0.526. The maximum Gasteiger partial charge on any atom is 0.129 e. The fourth-order valence-electron chi connectivity index (χ4n) is 1.61. The highest BCUT2D eigenvalue weighted by molar-refractivity contribution is 6.31. The summed E-state index contributed by atoms with van der Waals surface area (Å²) in [6.07, 6.45) is 2.38. The summed E-state index contributed by atoms with van der Waals surface area (Å²) in [4.78, 5) is 0. The normalized spacial score (nSPS) is 18.2. The monoisotopic (exact) mass is 213 g/mol. The molecule has 1 atom stereocenters. The molecule has 0 saturated heterocycles. The molecule has 3 heteroatoms. The van der Waals surface area contributed by atoms with E-state index < -0.39 is 0 Å². The Balaban J connectivity index is 2.19. The Hall–Kier alpha value is -0.600. The molecular formula is C11H13ClFN. The molecule has 0 aliphatic heterocycles. The zero-order valence-electron chi connectivity index (χ0n) is 8.06. The first-order valence-electron chi connectivity index (χ1n) is 4.88. The van der Waals surface area contributed by atoms with Gasteiger partial charge in [-0.05, 0) is 31.9 Å². The molecule has 1 aromatic carbocycles. The van der Waals surface area contributed by atoms with Gasteiger partial charge in [-0.15, -0.1) is 0 Å². The molecule has 0 heterocycles. The first-order valence-corrected chi connectivity index (χ1v) is 5.26. The van der Waals surface area contributed by atoms with Crippen molar-refractivity contribution in [1.82, 2.24) is 5.32 Å². The lowest BCUT2D eigenvalue weighted by atomic mass is 10.1. The van der Waals surface area contributed by atoms with Crippen LogP contribution >= 0.6 is 11.6 Å². The fraction of sp³-hybridized carbons (Fsp3) is 0.455. The van der Waals surface area contributed by atoms with Crippen LogP contribution in [0, 0.1) is 5.82 Å². The third kappa shape index (κ3) is 2.07. The standard InChI is InChI=1S/C11H13ClFN/c1-7(14-8-5-6-8)11-9(12)3-2-4-10(11)13/h2-4,7-8,14H,5-6H2,1H3. The Morgan fingerprint density at radius 2 is 2.21 bits per heavy atom. The van der Waals surface area contributed by atoms with Gasteiger partial charge in [0.15, 0.2) is 0 Å². The summed E-state index contributed by atoms with van der Waals surface area (Å²) < 4.78 is 13.4. The van der Waals surface area contributed by atoms with Crippen LogP contribution in [0.1, 0.15) is 31.4 Å². The molecule has 0 amide bonds. The SMILES string of the molecule is CC(NC1CC1)c1c(F)cccc1Cl. The van der Waals surface area contributed by atoms with E-state index in [-0.39, 0.29) is 11.9 Å². The van der Waals surface area contributed by atoms with Crippen LogP contribution < -0.4 is 5.32 Å². The molecule has 1 aliphatic rings. The van der Waals surface area contributed by atoms with Gasteiger partial charge in [0.05, 0.1) is 0 Å². The largest absolute Gasteiger partial charge is 0.307 e. The lowest BCUT2D eigenvalue weighted by Crippen LogP contribution is -2.21.